The van der Waals surface area contributed by atoms with E-state index in [1.54, 1.807) is 13.8 Å². The zero-order valence-electron chi connectivity index (χ0n) is 6.17. The number of hydrogen-bond acceptors (Lipinski definition) is 3. The summed E-state index contributed by atoms with van der Waals surface area (Å²) >= 11 is 0. The first kappa shape index (κ1) is 7.47. The van der Waals surface area contributed by atoms with Crippen LogP contribution >= 0.6 is 0 Å². The van der Waals surface area contributed by atoms with Gasteiger partial charge in [0.15, 0.2) is 0 Å². The third-order valence-electron chi connectivity index (χ3n) is 1.63. The van der Waals surface area contributed by atoms with E-state index in [2.05, 4.69) is 4.99 Å². The van der Waals surface area contributed by atoms with E-state index in [4.69, 9.17) is 0 Å². The highest BCUT2D eigenvalue weighted by Gasteiger charge is 2.25. The van der Waals surface area contributed by atoms with Crippen LogP contribution in [0.25, 0.3) is 0 Å². The predicted molar refractivity (Wildman–Crippen MR) is 40.4 cm³/mol. The highest BCUT2D eigenvalue weighted by molar-refractivity contribution is 8.09. The minimum atomic E-state index is -3.12. The molecule has 56 valence electrons. The van der Waals surface area contributed by atoms with Gasteiger partial charge in [-0.1, -0.05) is 0 Å². The van der Waals surface area contributed by atoms with E-state index in [9.17, 15) is 8.42 Å². The molecule has 0 unspecified atom stereocenters. The van der Waals surface area contributed by atoms with Crippen LogP contribution in [-0.2, 0) is 9.84 Å². The number of hydrogen-bond donors (Lipinski definition) is 0. The summed E-state index contributed by atoms with van der Waals surface area (Å²) < 4.78 is 22.2. The Kier molecular flexibility index (Phi) is 1.43. The topological polar surface area (TPSA) is 46.5 Å². The summed E-state index contributed by atoms with van der Waals surface area (Å²) in [5.41, 5.74) is 0.609. The lowest BCUT2D eigenvalue weighted by atomic mass is 10.5. The van der Waals surface area contributed by atoms with Crippen LogP contribution in [-0.4, -0.2) is 13.5 Å². The van der Waals surface area contributed by atoms with Gasteiger partial charge in [0.1, 0.15) is 5.04 Å². The molecule has 0 aromatic carbocycles. The van der Waals surface area contributed by atoms with E-state index >= 15 is 0 Å². The average Bonchev–Trinajstić information content (AvgIpc) is 1.97. The minimum Gasteiger partial charge on any atom is -0.245 e. The van der Waals surface area contributed by atoms with E-state index in [0.717, 1.165) is 0 Å². The Morgan fingerprint density at radius 1 is 1.20 bits per heavy atom. The largest absolute Gasteiger partial charge is 0.245 e. The zero-order chi connectivity index (χ0) is 7.94. The van der Waals surface area contributed by atoms with Crippen LogP contribution in [0.2, 0.25) is 0 Å². The molecular formula is C6H9NO2S. The summed E-state index contributed by atoms with van der Waals surface area (Å²) in [6.07, 6.45) is 0. The molecule has 0 N–H and O–H groups in total. The molecule has 0 aromatic rings. The van der Waals surface area contributed by atoms with Crippen LogP contribution in [0.3, 0.4) is 0 Å². The molecule has 0 aliphatic carbocycles. The maximum atomic E-state index is 11.1. The van der Waals surface area contributed by atoms with Crippen molar-refractivity contribution in [2.45, 2.75) is 20.8 Å². The monoisotopic (exact) mass is 159 g/mol. The Labute approximate surface area is 60.4 Å². The Hall–Kier alpha value is -0.640. The number of allylic oxidation sites excluding steroid dienone is 2. The fourth-order valence-electron chi connectivity index (χ4n) is 0.791. The molecule has 0 atom stereocenters. The van der Waals surface area contributed by atoms with Gasteiger partial charge >= 0.3 is 0 Å². The van der Waals surface area contributed by atoms with Gasteiger partial charge in [-0.25, -0.2) is 13.4 Å². The normalized spacial score (nSPS) is 23.3. The fraction of sp³-hybridized carbons (Fsp3) is 0.500. The van der Waals surface area contributed by atoms with Gasteiger partial charge in [0, 0.05) is 0 Å². The van der Waals surface area contributed by atoms with Crippen molar-refractivity contribution in [3.8, 4) is 0 Å². The first-order valence-corrected chi connectivity index (χ1v) is 4.42. The molecular weight excluding hydrogens is 150 g/mol. The molecule has 4 heteroatoms. The average molecular weight is 159 g/mol. The number of sulfone groups is 1. The molecule has 0 fully saturated rings. The van der Waals surface area contributed by atoms with Crippen molar-refractivity contribution >= 4 is 14.9 Å². The van der Waals surface area contributed by atoms with Gasteiger partial charge in [0.25, 0.3) is 0 Å². The highest BCUT2D eigenvalue weighted by atomic mass is 32.2. The second kappa shape index (κ2) is 1.92. The van der Waals surface area contributed by atoms with Crippen LogP contribution in [0.4, 0.5) is 0 Å². The van der Waals surface area contributed by atoms with Crippen molar-refractivity contribution in [2.75, 3.05) is 0 Å². The zero-order valence-corrected chi connectivity index (χ0v) is 6.99. The maximum Gasteiger partial charge on any atom is 0.217 e. The second-order valence-corrected chi connectivity index (χ2v) is 4.49. The molecule has 1 aliphatic rings. The summed E-state index contributed by atoms with van der Waals surface area (Å²) in [6, 6.07) is 0. The van der Waals surface area contributed by atoms with Gasteiger partial charge in [0.2, 0.25) is 9.84 Å². The number of aliphatic imine (C=N–C) groups is 1. The Balaban J connectivity index is 3.39. The molecule has 1 heterocycles. The molecule has 0 saturated heterocycles. The minimum absolute atomic E-state index is 0.211. The van der Waals surface area contributed by atoms with Crippen molar-refractivity contribution in [1.82, 2.24) is 0 Å². The van der Waals surface area contributed by atoms with Crippen molar-refractivity contribution < 1.29 is 8.42 Å². The lowest BCUT2D eigenvalue weighted by molar-refractivity contribution is 0.613. The Bertz CT molecular complexity index is 322. The van der Waals surface area contributed by atoms with Gasteiger partial charge in [-0.2, -0.15) is 0 Å². The quantitative estimate of drug-likeness (QED) is 0.531. The third kappa shape index (κ3) is 0.794. The van der Waals surface area contributed by atoms with Crippen LogP contribution in [0, 0.1) is 0 Å². The van der Waals surface area contributed by atoms with Crippen molar-refractivity contribution in [3.63, 3.8) is 0 Å². The predicted octanol–water partition coefficient (Wildman–Crippen LogP) is 1.08. The molecule has 3 nitrogen and oxygen atoms in total. The molecule has 0 spiro atoms. The standard InChI is InChI=1S/C6H9NO2S/c1-4-5(2)10(8,9)6(3)7-4/h1-3H3. The van der Waals surface area contributed by atoms with Gasteiger partial charge in [0.05, 0.1) is 10.6 Å². The van der Waals surface area contributed by atoms with Gasteiger partial charge in [-0.15, -0.1) is 0 Å². The van der Waals surface area contributed by atoms with Crippen molar-refractivity contribution in [1.29, 1.82) is 0 Å². The summed E-state index contributed by atoms with van der Waals surface area (Å²) in [7, 11) is -3.12. The summed E-state index contributed by atoms with van der Waals surface area (Å²) in [5.74, 6) is 0. The SMILES string of the molecule is CC1=NC(C)=C(C)S1(=O)=O. The molecule has 0 saturated carbocycles. The van der Waals surface area contributed by atoms with Gasteiger partial charge < -0.3 is 0 Å². The van der Waals surface area contributed by atoms with Crippen LogP contribution in [0.5, 0.6) is 0 Å². The number of nitrogens with zero attached hydrogens (tertiary/aromatic N) is 1. The van der Waals surface area contributed by atoms with E-state index in [0.29, 0.717) is 10.6 Å². The summed E-state index contributed by atoms with van der Waals surface area (Å²) in [5, 5.41) is 0.211. The van der Waals surface area contributed by atoms with Crippen LogP contribution < -0.4 is 0 Å². The molecule has 0 aromatic heterocycles. The van der Waals surface area contributed by atoms with E-state index < -0.39 is 9.84 Å². The van der Waals surface area contributed by atoms with Gasteiger partial charge in [-0.3, -0.25) is 0 Å². The van der Waals surface area contributed by atoms with Crippen LogP contribution in [0.15, 0.2) is 15.6 Å². The molecule has 0 radical (unpaired) electrons. The molecule has 1 aliphatic heterocycles. The van der Waals surface area contributed by atoms with E-state index in [-0.39, 0.29) is 5.04 Å². The summed E-state index contributed by atoms with van der Waals surface area (Å²) in [6.45, 7) is 4.78. The molecule has 0 bridgehead atoms. The Morgan fingerprint density at radius 3 is 1.80 bits per heavy atom. The van der Waals surface area contributed by atoms with E-state index in [1.165, 1.54) is 6.92 Å². The maximum absolute atomic E-state index is 11.1. The lowest BCUT2D eigenvalue weighted by Crippen LogP contribution is -2.06. The highest BCUT2D eigenvalue weighted by Crippen LogP contribution is 2.21. The third-order valence-corrected chi connectivity index (χ3v) is 3.60. The second-order valence-electron chi connectivity index (χ2n) is 2.28. The molecule has 0 amide bonds. The lowest BCUT2D eigenvalue weighted by Gasteiger charge is -1.92. The first-order valence-electron chi connectivity index (χ1n) is 2.94. The molecule has 1 rings (SSSR count). The Morgan fingerprint density at radius 2 is 1.70 bits per heavy atom. The fourth-order valence-corrected chi connectivity index (χ4v) is 1.93. The first-order chi connectivity index (χ1) is 4.46. The number of rotatable bonds is 0. The smallest absolute Gasteiger partial charge is 0.217 e. The molecule has 10 heavy (non-hydrogen) atoms. The van der Waals surface area contributed by atoms with Crippen molar-refractivity contribution in [3.05, 3.63) is 10.6 Å². The van der Waals surface area contributed by atoms with Crippen molar-refractivity contribution in [2.24, 2.45) is 4.99 Å². The van der Waals surface area contributed by atoms with Crippen LogP contribution in [0.1, 0.15) is 20.8 Å². The van der Waals surface area contributed by atoms with E-state index in [1.807, 2.05) is 0 Å². The van der Waals surface area contributed by atoms with Gasteiger partial charge in [-0.05, 0) is 20.8 Å². The summed E-state index contributed by atoms with van der Waals surface area (Å²) in [4.78, 5) is 4.21.